The normalized spacial score (nSPS) is 29.7. The summed E-state index contributed by atoms with van der Waals surface area (Å²) in [6, 6.07) is 6.27. The summed E-state index contributed by atoms with van der Waals surface area (Å²) in [5, 5.41) is 0. The number of allylic oxidation sites excluding steroid dienone is 2. The Balaban J connectivity index is 2.07. The molecule has 0 aliphatic heterocycles. The SMILES string of the molecule is COc1ccc2c(c1)CC[C@@]1(C)C=CC(=O)C[C@@H]21. The molecular formula is C16H18O2. The maximum atomic E-state index is 11.7. The van der Waals surface area contributed by atoms with E-state index in [-0.39, 0.29) is 11.2 Å². The van der Waals surface area contributed by atoms with Crippen molar-refractivity contribution in [3.8, 4) is 5.75 Å². The molecule has 0 unspecified atom stereocenters. The number of benzene rings is 1. The molecule has 0 aromatic heterocycles. The Bertz CT molecular complexity index is 530. The Morgan fingerprint density at radius 1 is 1.39 bits per heavy atom. The van der Waals surface area contributed by atoms with Gasteiger partial charge in [0.2, 0.25) is 0 Å². The third-order valence-corrected chi connectivity index (χ3v) is 4.51. The van der Waals surface area contributed by atoms with Crippen molar-refractivity contribution in [3.63, 3.8) is 0 Å². The maximum Gasteiger partial charge on any atom is 0.156 e. The van der Waals surface area contributed by atoms with Crippen molar-refractivity contribution in [1.29, 1.82) is 0 Å². The van der Waals surface area contributed by atoms with Crippen LogP contribution < -0.4 is 4.74 Å². The van der Waals surface area contributed by atoms with Gasteiger partial charge >= 0.3 is 0 Å². The van der Waals surface area contributed by atoms with Crippen molar-refractivity contribution in [2.24, 2.45) is 5.41 Å². The highest BCUT2D eigenvalue weighted by atomic mass is 16.5. The summed E-state index contributed by atoms with van der Waals surface area (Å²) in [5.41, 5.74) is 2.83. The molecule has 0 saturated heterocycles. The summed E-state index contributed by atoms with van der Waals surface area (Å²) < 4.78 is 5.28. The molecule has 94 valence electrons. The Hall–Kier alpha value is -1.57. The van der Waals surface area contributed by atoms with Crippen molar-refractivity contribution in [2.75, 3.05) is 7.11 Å². The molecule has 0 N–H and O–H groups in total. The molecule has 2 nitrogen and oxygen atoms in total. The van der Waals surface area contributed by atoms with Gasteiger partial charge in [-0.3, -0.25) is 4.79 Å². The van der Waals surface area contributed by atoms with Gasteiger partial charge in [0.25, 0.3) is 0 Å². The first-order chi connectivity index (χ1) is 8.62. The summed E-state index contributed by atoms with van der Waals surface area (Å²) >= 11 is 0. The van der Waals surface area contributed by atoms with Gasteiger partial charge in [0, 0.05) is 12.3 Å². The number of rotatable bonds is 1. The van der Waals surface area contributed by atoms with Gasteiger partial charge in [-0.1, -0.05) is 19.1 Å². The highest BCUT2D eigenvalue weighted by Gasteiger charge is 2.40. The highest BCUT2D eigenvalue weighted by molar-refractivity contribution is 5.91. The Labute approximate surface area is 108 Å². The van der Waals surface area contributed by atoms with E-state index in [1.807, 2.05) is 6.07 Å². The minimum atomic E-state index is 0.148. The first-order valence-electron chi connectivity index (χ1n) is 6.51. The van der Waals surface area contributed by atoms with Crippen LogP contribution in [-0.4, -0.2) is 12.9 Å². The van der Waals surface area contributed by atoms with Crippen LogP contribution in [0.4, 0.5) is 0 Å². The van der Waals surface area contributed by atoms with E-state index in [2.05, 4.69) is 25.1 Å². The predicted octanol–water partition coefficient (Wildman–Crippen LogP) is 3.26. The van der Waals surface area contributed by atoms with Crippen molar-refractivity contribution < 1.29 is 9.53 Å². The van der Waals surface area contributed by atoms with E-state index in [1.54, 1.807) is 13.2 Å². The fraction of sp³-hybridized carbons (Fsp3) is 0.438. The number of carbonyl (C=O) groups is 1. The van der Waals surface area contributed by atoms with E-state index in [9.17, 15) is 4.79 Å². The second kappa shape index (κ2) is 3.98. The van der Waals surface area contributed by atoms with Crippen LogP contribution in [0.15, 0.2) is 30.4 Å². The molecule has 0 heterocycles. The molecular weight excluding hydrogens is 224 g/mol. The average molecular weight is 242 g/mol. The Morgan fingerprint density at radius 2 is 2.22 bits per heavy atom. The second-order valence-corrected chi connectivity index (χ2v) is 5.63. The van der Waals surface area contributed by atoms with E-state index in [0.29, 0.717) is 12.3 Å². The number of methoxy groups -OCH3 is 1. The van der Waals surface area contributed by atoms with Gasteiger partial charge in [-0.05, 0) is 47.6 Å². The predicted molar refractivity (Wildman–Crippen MR) is 70.9 cm³/mol. The summed E-state index contributed by atoms with van der Waals surface area (Å²) in [5.74, 6) is 1.50. The van der Waals surface area contributed by atoms with E-state index < -0.39 is 0 Å². The zero-order valence-corrected chi connectivity index (χ0v) is 10.9. The quantitative estimate of drug-likeness (QED) is 0.755. The molecule has 18 heavy (non-hydrogen) atoms. The maximum absolute atomic E-state index is 11.7. The summed E-state index contributed by atoms with van der Waals surface area (Å²) in [6.45, 7) is 2.27. The van der Waals surface area contributed by atoms with Gasteiger partial charge in [-0.15, -0.1) is 0 Å². The third-order valence-electron chi connectivity index (χ3n) is 4.51. The summed E-state index contributed by atoms with van der Waals surface area (Å²) in [6.07, 6.45) is 6.72. The molecule has 0 amide bonds. The Morgan fingerprint density at radius 3 is 3.00 bits per heavy atom. The molecule has 0 bridgehead atoms. The van der Waals surface area contributed by atoms with Crippen LogP contribution in [0, 0.1) is 5.41 Å². The van der Waals surface area contributed by atoms with Gasteiger partial charge in [0.1, 0.15) is 5.75 Å². The molecule has 0 saturated carbocycles. The lowest BCUT2D eigenvalue weighted by Crippen LogP contribution is -2.33. The summed E-state index contributed by atoms with van der Waals surface area (Å²) in [4.78, 5) is 11.7. The molecule has 0 fully saturated rings. The third kappa shape index (κ3) is 1.67. The van der Waals surface area contributed by atoms with Crippen LogP contribution in [0.1, 0.15) is 36.8 Å². The summed E-state index contributed by atoms with van der Waals surface area (Å²) in [7, 11) is 1.70. The van der Waals surface area contributed by atoms with Crippen LogP contribution in [0.3, 0.4) is 0 Å². The van der Waals surface area contributed by atoms with Crippen molar-refractivity contribution >= 4 is 5.78 Å². The topological polar surface area (TPSA) is 26.3 Å². The van der Waals surface area contributed by atoms with Crippen LogP contribution >= 0.6 is 0 Å². The first-order valence-corrected chi connectivity index (χ1v) is 6.51. The van der Waals surface area contributed by atoms with Crippen LogP contribution in [0.5, 0.6) is 5.75 Å². The fourth-order valence-electron chi connectivity index (χ4n) is 3.29. The number of ketones is 1. The van der Waals surface area contributed by atoms with E-state index >= 15 is 0 Å². The van der Waals surface area contributed by atoms with Gasteiger partial charge < -0.3 is 4.74 Å². The number of fused-ring (bicyclic) bond motifs is 3. The average Bonchev–Trinajstić information content (AvgIpc) is 2.39. The second-order valence-electron chi connectivity index (χ2n) is 5.63. The lowest BCUT2D eigenvalue weighted by molar-refractivity contribution is -0.116. The van der Waals surface area contributed by atoms with Gasteiger partial charge in [0.15, 0.2) is 5.78 Å². The molecule has 2 heteroatoms. The molecule has 0 radical (unpaired) electrons. The van der Waals surface area contributed by atoms with Crippen molar-refractivity contribution in [3.05, 3.63) is 41.5 Å². The zero-order valence-electron chi connectivity index (χ0n) is 10.9. The van der Waals surface area contributed by atoms with Gasteiger partial charge in [-0.25, -0.2) is 0 Å². The molecule has 2 atom stereocenters. The minimum Gasteiger partial charge on any atom is -0.497 e. The minimum absolute atomic E-state index is 0.148. The highest BCUT2D eigenvalue weighted by Crippen LogP contribution is 2.50. The lowest BCUT2D eigenvalue weighted by atomic mass is 9.61. The smallest absolute Gasteiger partial charge is 0.156 e. The zero-order chi connectivity index (χ0) is 12.8. The Kier molecular flexibility index (Phi) is 2.54. The first kappa shape index (κ1) is 11.5. The van der Waals surface area contributed by atoms with Crippen LogP contribution in [0.2, 0.25) is 0 Å². The van der Waals surface area contributed by atoms with Crippen molar-refractivity contribution in [1.82, 2.24) is 0 Å². The molecule has 0 spiro atoms. The lowest BCUT2D eigenvalue weighted by Gasteiger charge is -2.42. The van der Waals surface area contributed by atoms with Crippen LogP contribution in [-0.2, 0) is 11.2 Å². The van der Waals surface area contributed by atoms with E-state index in [0.717, 1.165) is 18.6 Å². The number of ether oxygens (including phenoxy) is 1. The number of hydrogen-bond acceptors (Lipinski definition) is 2. The van der Waals surface area contributed by atoms with E-state index in [1.165, 1.54) is 11.1 Å². The number of carbonyl (C=O) groups excluding carboxylic acids is 1. The van der Waals surface area contributed by atoms with Crippen molar-refractivity contribution in [2.45, 2.75) is 32.1 Å². The van der Waals surface area contributed by atoms with Gasteiger partial charge in [-0.2, -0.15) is 0 Å². The fourth-order valence-corrected chi connectivity index (χ4v) is 3.29. The molecule has 3 rings (SSSR count). The van der Waals surface area contributed by atoms with Gasteiger partial charge in [0.05, 0.1) is 7.11 Å². The number of hydrogen-bond donors (Lipinski definition) is 0. The van der Waals surface area contributed by atoms with Crippen LogP contribution in [0.25, 0.3) is 0 Å². The number of aryl methyl sites for hydroxylation is 1. The molecule has 2 aliphatic rings. The molecule has 2 aliphatic carbocycles. The standard InChI is InChI=1S/C16H18O2/c1-16-7-5-11-9-13(18-2)3-4-14(11)15(16)10-12(17)6-8-16/h3-4,6,8-9,15H,5,7,10H2,1-2H3/t15-,16-/m0/s1. The monoisotopic (exact) mass is 242 g/mol. The van der Waals surface area contributed by atoms with E-state index in [4.69, 9.17) is 4.74 Å². The molecule has 1 aromatic carbocycles. The largest absolute Gasteiger partial charge is 0.497 e. The molecule has 1 aromatic rings.